The maximum absolute atomic E-state index is 13.1. The number of carbonyl (C=O) groups is 3. The molecule has 0 radical (unpaired) electrons. The minimum Gasteiger partial charge on any atom is -0.495 e. The van der Waals surface area contributed by atoms with Gasteiger partial charge in [0.2, 0.25) is 5.91 Å². The number of hydrogen-bond acceptors (Lipinski definition) is 9. The Bertz CT molecular complexity index is 1140. The van der Waals surface area contributed by atoms with Gasteiger partial charge in [-0.05, 0) is 24.3 Å². The molecule has 5 rings (SSSR count). The van der Waals surface area contributed by atoms with Crippen molar-refractivity contribution in [1.82, 2.24) is 5.01 Å². The van der Waals surface area contributed by atoms with Crippen LogP contribution in [-0.2, 0) is 14.4 Å². The number of para-hydroxylation sites is 2. The van der Waals surface area contributed by atoms with Crippen molar-refractivity contribution in [2.75, 3.05) is 37.1 Å². The van der Waals surface area contributed by atoms with E-state index in [-0.39, 0.29) is 6.54 Å². The van der Waals surface area contributed by atoms with Gasteiger partial charge in [0.05, 0.1) is 18.5 Å². The molecule has 32 heavy (non-hydrogen) atoms. The Hall–Kier alpha value is -4.15. The van der Waals surface area contributed by atoms with E-state index in [9.17, 15) is 14.4 Å². The number of carbonyl (C=O) groups excluding carboxylic acids is 3. The number of amides is 3. The van der Waals surface area contributed by atoms with Crippen LogP contribution in [0.1, 0.15) is 0 Å². The highest BCUT2D eigenvalue weighted by Crippen LogP contribution is 2.37. The summed E-state index contributed by atoms with van der Waals surface area (Å²) in [6.07, 6.45) is 0. The maximum Gasteiger partial charge on any atom is 0.263 e. The predicted molar refractivity (Wildman–Crippen MR) is 111 cm³/mol. The van der Waals surface area contributed by atoms with E-state index in [1.54, 1.807) is 42.5 Å². The third-order valence-electron chi connectivity index (χ3n) is 5.33. The fourth-order valence-corrected chi connectivity index (χ4v) is 3.86. The molecule has 2 aromatic carbocycles. The van der Waals surface area contributed by atoms with E-state index in [2.05, 4.69) is 15.7 Å². The predicted octanol–water partition coefficient (Wildman–Crippen LogP) is 1.40. The van der Waals surface area contributed by atoms with Crippen LogP contribution in [0.2, 0.25) is 0 Å². The SMILES string of the molecule is COc1ccccc1NC(=O)CN1N=N[C@H]2C(=O)N(c3ccc4c(c3)OCCO4)C(=O)[C@@H]21. The van der Waals surface area contributed by atoms with Crippen molar-refractivity contribution in [3.8, 4) is 17.2 Å². The first-order valence-corrected chi connectivity index (χ1v) is 9.94. The first kappa shape index (κ1) is 19.8. The Morgan fingerprint density at radius 1 is 1.12 bits per heavy atom. The van der Waals surface area contributed by atoms with Gasteiger partial charge in [0.25, 0.3) is 11.8 Å². The zero-order chi connectivity index (χ0) is 22.2. The summed E-state index contributed by atoms with van der Waals surface area (Å²) in [5.74, 6) is 0.0698. The van der Waals surface area contributed by atoms with E-state index in [0.717, 1.165) is 4.90 Å². The lowest BCUT2D eigenvalue weighted by Crippen LogP contribution is -2.43. The van der Waals surface area contributed by atoms with E-state index >= 15 is 0 Å². The molecule has 3 aliphatic heterocycles. The topological polar surface area (TPSA) is 122 Å². The third-order valence-corrected chi connectivity index (χ3v) is 5.33. The molecule has 3 heterocycles. The van der Waals surface area contributed by atoms with Crippen LogP contribution in [0.5, 0.6) is 17.2 Å². The van der Waals surface area contributed by atoms with Crippen molar-refractivity contribution in [2.24, 2.45) is 10.3 Å². The van der Waals surface area contributed by atoms with Gasteiger partial charge in [-0.1, -0.05) is 17.4 Å². The van der Waals surface area contributed by atoms with Crippen molar-refractivity contribution in [3.63, 3.8) is 0 Å². The van der Waals surface area contributed by atoms with Gasteiger partial charge in [0, 0.05) is 6.07 Å². The summed E-state index contributed by atoms with van der Waals surface area (Å²) in [5, 5.41) is 11.8. The van der Waals surface area contributed by atoms with Crippen LogP contribution in [0.25, 0.3) is 0 Å². The largest absolute Gasteiger partial charge is 0.495 e. The second kappa shape index (κ2) is 7.84. The molecule has 1 N–H and O–H groups in total. The van der Waals surface area contributed by atoms with E-state index in [0.29, 0.717) is 41.8 Å². The molecule has 11 heteroatoms. The molecule has 0 unspecified atom stereocenters. The van der Waals surface area contributed by atoms with Gasteiger partial charge >= 0.3 is 0 Å². The maximum atomic E-state index is 13.1. The molecule has 0 spiro atoms. The second-order valence-electron chi connectivity index (χ2n) is 7.28. The first-order valence-electron chi connectivity index (χ1n) is 9.94. The van der Waals surface area contributed by atoms with Crippen molar-refractivity contribution < 1.29 is 28.6 Å². The molecule has 11 nitrogen and oxygen atoms in total. The molecular formula is C21H19N5O6. The fourth-order valence-electron chi connectivity index (χ4n) is 3.86. The minimum absolute atomic E-state index is 0.253. The van der Waals surface area contributed by atoms with Gasteiger partial charge in [-0.25, -0.2) is 4.90 Å². The standard InChI is InChI=1S/C21H19N5O6/c1-30-14-5-3-2-4-13(14)22-17(27)11-25-19-18(23-24-25)20(28)26(21(19)29)12-6-7-15-16(10-12)32-9-8-31-15/h2-7,10,18-19H,8-9,11H2,1H3,(H,22,27)/t18-,19-/m1/s1. The van der Waals surface area contributed by atoms with Crippen LogP contribution in [0.15, 0.2) is 52.8 Å². The van der Waals surface area contributed by atoms with Gasteiger partial charge in [0.1, 0.15) is 25.5 Å². The molecule has 2 aromatic rings. The minimum atomic E-state index is -1.00. The Morgan fingerprint density at radius 2 is 1.91 bits per heavy atom. The Morgan fingerprint density at radius 3 is 2.72 bits per heavy atom. The van der Waals surface area contributed by atoms with E-state index in [1.807, 2.05) is 0 Å². The highest BCUT2D eigenvalue weighted by atomic mass is 16.6. The lowest BCUT2D eigenvalue weighted by molar-refractivity contribution is -0.123. The number of fused-ring (bicyclic) bond motifs is 2. The van der Waals surface area contributed by atoms with Crippen LogP contribution >= 0.6 is 0 Å². The van der Waals surface area contributed by atoms with Crippen LogP contribution in [0, 0.1) is 0 Å². The number of anilines is 2. The summed E-state index contributed by atoms with van der Waals surface area (Å²) in [5.41, 5.74) is 0.840. The fraction of sp³-hybridized carbons (Fsp3) is 0.286. The highest BCUT2D eigenvalue weighted by Gasteiger charge is 2.55. The Labute approximate surface area is 182 Å². The summed E-state index contributed by atoms with van der Waals surface area (Å²) >= 11 is 0. The van der Waals surface area contributed by atoms with Gasteiger partial charge in [-0.2, -0.15) is 5.11 Å². The second-order valence-corrected chi connectivity index (χ2v) is 7.28. The summed E-state index contributed by atoms with van der Waals surface area (Å²) in [4.78, 5) is 39.7. The molecule has 1 fully saturated rings. The Kier molecular flexibility index (Phi) is 4.85. The lowest BCUT2D eigenvalue weighted by Gasteiger charge is -2.22. The number of methoxy groups -OCH3 is 1. The lowest BCUT2D eigenvalue weighted by atomic mass is 10.1. The van der Waals surface area contributed by atoms with Crippen molar-refractivity contribution >= 4 is 29.1 Å². The van der Waals surface area contributed by atoms with Crippen LogP contribution in [0.3, 0.4) is 0 Å². The van der Waals surface area contributed by atoms with Crippen LogP contribution in [0.4, 0.5) is 11.4 Å². The van der Waals surface area contributed by atoms with Crippen molar-refractivity contribution in [3.05, 3.63) is 42.5 Å². The smallest absolute Gasteiger partial charge is 0.263 e. The molecule has 0 bridgehead atoms. The highest BCUT2D eigenvalue weighted by molar-refractivity contribution is 6.25. The summed E-state index contributed by atoms with van der Waals surface area (Å²) < 4.78 is 16.3. The van der Waals surface area contributed by atoms with Crippen molar-refractivity contribution in [1.29, 1.82) is 0 Å². The molecular weight excluding hydrogens is 418 g/mol. The number of nitrogens with zero attached hydrogens (tertiary/aromatic N) is 4. The molecule has 0 aromatic heterocycles. The summed E-state index contributed by atoms with van der Waals surface area (Å²) in [6, 6.07) is 9.80. The van der Waals surface area contributed by atoms with Gasteiger partial charge in [-0.3, -0.25) is 19.4 Å². The number of hydrogen-bond donors (Lipinski definition) is 1. The van der Waals surface area contributed by atoms with E-state index < -0.39 is 29.8 Å². The molecule has 164 valence electrons. The van der Waals surface area contributed by atoms with E-state index in [1.165, 1.54) is 12.1 Å². The van der Waals surface area contributed by atoms with E-state index in [4.69, 9.17) is 14.2 Å². The average molecular weight is 437 g/mol. The van der Waals surface area contributed by atoms with Gasteiger partial charge in [0.15, 0.2) is 23.6 Å². The number of imide groups is 1. The van der Waals surface area contributed by atoms with Crippen molar-refractivity contribution in [2.45, 2.75) is 12.1 Å². The molecule has 0 saturated carbocycles. The summed E-state index contributed by atoms with van der Waals surface area (Å²) in [6.45, 7) is 0.563. The summed E-state index contributed by atoms with van der Waals surface area (Å²) in [7, 11) is 1.50. The normalized spacial score (nSPS) is 21.0. The first-order chi connectivity index (χ1) is 15.6. The van der Waals surface area contributed by atoms with Gasteiger partial charge < -0.3 is 19.5 Å². The van der Waals surface area contributed by atoms with Gasteiger partial charge in [-0.15, -0.1) is 0 Å². The number of benzene rings is 2. The molecule has 1 saturated heterocycles. The zero-order valence-corrected chi connectivity index (χ0v) is 17.1. The molecule has 3 amide bonds. The zero-order valence-electron chi connectivity index (χ0n) is 17.1. The number of rotatable bonds is 5. The molecule has 0 aliphatic carbocycles. The molecule has 2 atom stereocenters. The van der Waals surface area contributed by atoms with Crippen LogP contribution < -0.4 is 24.4 Å². The monoisotopic (exact) mass is 437 g/mol. The number of ether oxygens (including phenoxy) is 3. The quantitative estimate of drug-likeness (QED) is 0.702. The Balaban J connectivity index is 1.32. The average Bonchev–Trinajstić information content (AvgIpc) is 3.33. The van der Waals surface area contributed by atoms with Crippen LogP contribution in [-0.4, -0.2) is 61.7 Å². The third kappa shape index (κ3) is 3.27. The number of nitrogens with one attached hydrogen (secondary N) is 1. The molecule has 3 aliphatic rings.